The van der Waals surface area contributed by atoms with Gasteiger partial charge in [0.1, 0.15) is 5.78 Å². The van der Waals surface area contributed by atoms with Gasteiger partial charge in [-0.25, -0.2) is 0 Å². The van der Waals surface area contributed by atoms with Crippen molar-refractivity contribution in [2.75, 3.05) is 0 Å². The molecule has 1 fully saturated rings. The molecule has 1 saturated carbocycles. The van der Waals surface area contributed by atoms with Gasteiger partial charge in [0.05, 0.1) is 0 Å². The van der Waals surface area contributed by atoms with E-state index >= 15 is 0 Å². The number of carbonyl (C=O) groups is 1. The number of carbonyl (C=O) groups excluding carboxylic acids is 1. The van der Waals surface area contributed by atoms with Crippen molar-refractivity contribution in [2.24, 2.45) is 5.92 Å². The Labute approximate surface area is 89.1 Å². The van der Waals surface area contributed by atoms with Gasteiger partial charge >= 0.3 is 0 Å². The molecule has 0 saturated heterocycles. The highest BCUT2D eigenvalue weighted by molar-refractivity contribution is 7.11. The molecule has 14 heavy (non-hydrogen) atoms. The summed E-state index contributed by atoms with van der Waals surface area (Å²) in [5.74, 6) is 1.09. The fraction of sp³-hybridized carbons (Fsp3) is 0.583. The van der Waals surface area contributed by atoms with Crippen LogP contribution in [0.5, 0.6) is 0 Å². The van der Waals surface area contributed by atoms with E-state index in [1.807, 2.05) is 11.3 Å². The maximum atomic E-state index is 11.1. The SMILES string of the molecule is CCc1ccc(CC2CCC(=O)C2)s1. The zero-order chi connectivity index (χ0) is 9.97. The highest BCUT2D eigenvalue weighted by Crippen LogP contribution is 2.28. The summed E-state index contributed by atoms with van der Waals surface area (Å²) in [7, 11) is 0. The van der Waals surface area contributed by atoms with Crippen molar-refractivity contribution in [1.82, 2.24) is 0 Å². The monoisotopic (exact) mass is 208 g/mol. The topological polar surface area (TPSA) is 17.1 Å². The first-order valence-electron chi connectivity index (χ1n) is 5.37. The number of aryl methyl sites for hydroxylation is 1. The Bertz CT molecular complexity index is 327. The van der Waals surface area contributed by atoms with Gasteiger partial charge in [-0.15, -0.1) is 11.3 Å². The molecule has 1 atom stereocenters. The minimum Gasteiger partial charge on any atom is -0.300 e. The molecule has 1 heterocycles. The summed E-state index contributed by atoms with van der Waals surface area (Å²) in [6.07, 6.45) is 5.00. The van der Waals surface area contributed by atoms with Crippen molar-refractivity contribution < 1.29 is 4.79 Å². The quantitative estimate of drug-likeness (QED) is 0.745. The summed E-state index contributed by atoms with van der Waals surface area (Å²) < 4.78 is 0. The van der Waals surface area contributed by atoms with Crippen LogP contribution >= 0.6 is 11.3 Å². The summed E-state index contributed by atoms with van der Waals surface area (Å²) in [6, 6.07) is 4.45. The van der Waals surface area contributed by atoms with E-state index < -0.39 is 0 Å². The highest BCUT2D eigenvalue weighted by atomic mass is 32.1. The maximum Gasteiger partial charge on any atom is 0.133 e. The first kappa shape index (κ1) is 9.91. The number of Topliss-reactive ketones (excluding diaryl/α,β-unsaturated/α-hetero) is 1. The molecule has 1 unspecified atom stereocenters. The normalized spacial score (nSPS) is 21.8. The van der Waals surface area contributed by atoms with Gasteiger partial charge in [-0.05, 0) is 37.3 Å². The zero-order valence-electron chi connectivity index (χ0n) is 8.58. The Hall–Kier alpha value is -0.630. The van der Waals surface area contributed by atoms with Gasteiger partial charge in [-0.3, -0.25) is 4.79 Å². The van der Waals surface area contributed by atoms with Gasteiger partial charge in [0, 0.05) is 22.6 Å². The minimum absolute atomic E-state index is 0.460. The average molecular weight is 208 g/mol. The lowest BCUT2D eigenvalue weighted by molar-refractivity contribution is -0.117. The first-order valence-corrected chi connectivity index (χ1v) is 6.19. The summed E-state index contributed by atoms with van der Waals surface area (Å²) in [4.78, 5) is 14.0. The lowest BCUT2D eigenvalue weighted by atomic mass is 10.0. The van der Waals surface area contributed by atoms with Crippen LogP contribution in [0.4, 0.5) is 0 Å². The van der Waals surface area contributed by atoms with Gasteiger partial charge < -0.3 is 0 Å². The molecule has 1 aromatic rings. The molecular formula is C12H16OS. The third-order valence-corrected chi connectivity index (χ3v) is 4.16. The molecule has 0 N–H and O–H groups in total. The standard InChI is InChI=1S/C12H16OS/c1-2-11-5-6-12(14-11)8-9-3-4-10(13)7-9/h5-6,9H,2-4,7-8H2,1H3. The number of thiophene rings is 1. The fourth-order valence-electron chi connectivity index (χ4n) is 2.07. The van der Waals surface area contributed by atoms with E-state index in [0.29, 0.717) is 11.7 Å². The third-order valence-electron chi connectivity index (χ3n) is 2.90. The van der Waals surface area contributed by atoms with Crippen molar-refractivity contribution in [1.29, 1.82) is 0 Å². The lowest BCUT2D eigenvalue weighted by Crippen LogP contribution is -1.98. The molecule has 0 bridgehead atoms. The molecule has 1 aliphatic carbocycles. The van der Waals surface area contributed by atoms with E-state index in [9.17, 15) is 4.79 Å². The molecule has 1 nitrogen and oxygen atoms in total. The van der Waals surface area contributed by atoms with Crippen LogP contribution in [0.15, 0.2) is 12.1 Å². The van der Waals surface area contributed by atoms with Crippen LogP contribution in [0.3, 0.4) is 0 Å². The van der Waals surface area contributed by atoms with Crippen LogP contribution in [-0.4, -0.2) is 5.78 Å². The molecule has 2 rings (SSSR count). The largest absolute Gasteiger partial charge is 0.300 e. The van der Waals surface area contributed by atoms with Gasteiger partial charge in [-0.1, -0.05) is 6.92 Å². The van der Waals surface area contributed by atoms with Gasteiger partial charge in [0.15, 0.2) is 0 Å². The lowest BCUT2D eigenvalue weighted by Gasteiger charge is -2.04. The number of ketones is 1. The highest BCUT2D eigenvalue weighted by Gasteiger charge is 2.22. The molecule has 2 heteroatoms. The Balaban J connectivity index is 1.93. The Morgan fingerprint density at radius 3 is 2.79 bits per heavy atom. The summed E-state index contributed by atoms with van der Waals surface area (Å²) >= 11 is 1.91. The van der Waals surface area contributed by atoms with Crippen LogP contribution < -0.4 is 0 Å². The second-order valence-electron chi connectivity index (χ2n) is 4.07. The van der Waals surface area contributed by atoms with Gasteiger partial charge in [0.2, 0.25) is 0 Å². The Morgan fingerprint density at radius 1 is 1.43 bits per heavy atom. The van der Waals surface area contributed by atoms with E-state index in [2.05, 4.69) is 19.1 Å². The molecule has 0 amide bonds. The third kappa shape index (κ3) is 2.24. The first-order chi connectivity index (χ1) is 6.78. The van der Waals surface area contributed by atoms with Crippen molar-refractivity contribution in [2.45, 2.75) is 39.0 Å². The summed E-state index contributed by atoms with van der Waals surface area (Å²) in [5, 5.41) is 0. The molecule has 76 valence electrons. The van der Waals surface area contributed by atoms with Crippen molar-refractivity contribution in [3.8, 4) is 0 Å². The molecule has 0 radical (unpaired) electrons. The van der Waals surface area contributed by atoms with E-state index in [4.69, 9.17) is 0 Å². The van der Waals surface area contributed by atoms with Crippen molar-refractivity contribution >= 4 is 17.1 Å². The minimum atomic E-state index is 0.460. The molecule has 1 aromatic heterocycles. The van der Waals surface area contributed by atoms with Gasteiger partial charge in [-0.2, -0.15) is 0 Å². The molecule has 0 spiro atoms. The second kappa shape index (κ2) is 4.26. The van der Waals surface area contributed by atoms with Crippen molar-refractivity contribution in [3.63, 3.8) is 0 Å². The fourth-order valence-corrected chi connectivity index (χ4v) is 3.14. The van der Waals surface area contributed by atoms with Crippen molar-refractivity contribution in [3.05, 3.63) is 21.9 Å². The summed E-state index contributed by atoms with van der Waals surface area (Å²) in [6.45, 7) is 2.19. The predicted molar refractivity (Wildman–Crippen MR) is 59.7 cm³/mol. The Kier molecular flexibility index (Phi) is 3.02. The maximum absolute atomic E-state index is 11.1. The molecular weight excluding hydrogens is 192 g/mol. The molecule has 1 aliphatic rings. The smallest absolute Gasteiger partial charge is 0.133 e. The van der Waals surface area contributed by atoms with Gasteiger partial charge in [0.25, 0.3) is 0 Å². The number of hydrogen-bond donors (Lipinski definition) is 0. The van der Waals surface area contributed by atoms with Crippen LogP contribution in [0.25, 0.3) is 0 Å². The van der Waals surface area contributed by atoms with Crippen LogP contribution in [-0.2, 0) is 17.6 Å². The predicted octanol–water partition coefficient (Wildman–Crippen LogP) is 3.22. The van der Waals surface area contributed by atoms with Crippen LogP contribution in [0.2, 0.25) is 0 Å². The van der Waals surface area contributed by atoms with E-state index in [-0.39, 0.29) is 0 Å². The van der Waals surface area contributed by atoms with E-state index in [1.165, 1.54) is 9.75 Å². The van der Waals surface area contributed by atoms with E-state index in [1.54, 1.807) is 0 Å². The number of rotatable bonds is 3. The number of hydrogen-bond acceptors (Lipinski definition) is 2. The summed E-state index contributed by atoms with van der Waals surface area (Å²) in [5.41, 5.74) is 0. The average Bonchev–Trinajstić information content (AvgIpc) is 2.76. The second-order valence-corrected chi connectivity index (χ2v) is 5.33. The van der Waals surface area contributed by atoms with Crippen LogP contribution in [0.1, 0.15) is 35.9 Å². The molecule has 0 aliphatic heterocycles. The molecule has 0 aromatic carbocycles. The Morgan fingerprint density at radius 2 is 2.21 bits per heavy atom. The van der Waals surface area contributed by atoms with E-state index in [0.717, 1.165) is 32.1 Å². The zero-order valence-corrected chi connectivity index (χ0v) is 9.40. The van der Waals surface area contributed by atoms with Crippen LogP contribution in [0, 0.1) is 5.92 Å².